The maximum Gasteiger partial charge on any atom is 0.330 e. The van der Waals surface area contributed by atoms with Crippen LogP contribution in [0.15, 0.2) is 24.3 Å². The van der Waals surface area contributed by atoms with Crippen molar-refractivity contribution in [3.63, 3.8) is 0 Å². The van der Waals surface area contributed by atoms with Crippen LogP contribution < -0.4 is 5.32 Å². The molecule has 0 spiro atoms. The van der Waals surface area contributed by atoms with Crippen LogP contribution in [0.25, 0.3) is 0 Å². The normalized spacial score (nSPS) is 25.0. The molecule has 1 N–H and O–H groups in total. The van der Waals surface area contributed by atoms with Gasteiger partial charge in [-0.05, 0) is 49.8 Å². The highest BCUT2D eigenvalue weighted by atomic mass is 16.6. The van der Waals surface area contributed by atoms with Gasteiger partial charge in [-0.3, -0.25) is 4.79 Å². The highest BCUT2D eigenvalue weighted by Crippen LogP contribution is 2.26. The van der Waals surface area contributed by atoms with Gasteiger partial charge < -0.3 is 10.1 Å². The third-order valence-corrected chi connectivity index (χ3v) is 4.23. The van der Waals surface area contributed by atoms with Crippen molar-refractivity contribution in [2.24, 2.45) is 5.92 Å². The summed E-state index contributed by atoms with van der Waals surface area (Å²) in [6.45, 7) is 0.824. The van der Waals surface area contributed by atoms with Crippen molar-refractivity contribution in [3.8, 4) is 0 Å². The Morgan fingerprint density at radius 2 is 1.90 bits per heavy atom. The predicted octanol–water partition coefficient (Wildman–Crippen LogP) is 1.61. The van der Waals surface area contributed by atoms with Gasteiger partial charge in [0.2, 0.25) is 0 Å². The first-order valence-electron chi connectivity index (χ1n) is 7.30. The molecule has 0 aromatic heterocycles. The number of esters is 2. The van der Waals surface area contributed by atoms with E-state index in [0.29, 0.717) is 6.42 Å². The van der Waals surface area contributed by atoms with E-state index >= 15 is 0 Å². The molecule has 106 valence electrons. The second-order valence-corrected chi connectivity index (χ2v) is 5.60. The minimum Gasteiger partial charge on any atom is -0.392 e. The highest BCUT2D eigenvalue weighted by Gasteiger charge is 2.30. The molecule has 1 aliphatic heterocycles. The lowest BCUT2D eigenvalue weighted by Gasteiger charge is -2.23. The second kappa shape index (κ2) is 5.75. The van der Waals surface area contributed by atoms with Gasteiger partial charge in [-0.15, -0.1) is 0 Å². The number of carbonyl (C=O) groups is 2. The average Bonchev–Trinajstić information content (AvgIpc) is 3.01. The molecule has 1 saturated heterocycles. The molecule has 1 aromatic rings. The molecule has 1 aromatic carbocycles. The number of hydrogen-bond acceptors (Lipinski definition) is 4. The minimum atomic E-state index is -0.411. The molecule has 1 unspecified atom stereocenters. The zero-order valence-corrected chi connectivity index (χ0v) is 11.4. The summed E-state index contributed by atoms with van der Waals surface area (Å²) in [6.07, 6.45) is 4.05. The lowest BCUT2D eigenvalue weighted by Crippen LogP contribution is -2.36. The smallest absolute Gasteiger partial charge is 0.330 e. The van der Waals surface area contributed by atoms with Crippen molar-refractivity contribution in [2.45, 2.75) is 38.1 Å². The van der Waals surface area contributed by atoms with E-state index in [1.165, 1.54) is 11.1 Å². The fourth-order valence-corrected chi connectivity index (χ4v) is 3.04. The zero-order chi connectivity index (χ0) is 13.9. The van der Waals surface area contributed by atoms with Crippen LogP contribution in [0.3, 0.4) is 0 Å². The Morgan fingerprint density at radius 1 is 1.10 bits per heavy atom. The van der Waals surface area contributed by atoms with Crippen molar-refractivity contribution in [3.05, 3.63) is 35.4 Å². The molecule has 4 nitrogen and oxygen atoms in total. The van der Waals surface area contributed by atoms with Crippen molar-refractivity contribution in [1.82, 2.24) is 5.32 Å². The molecular weight excluding hydrogens is 254 g/mol. The maximum atomic E-state index is 12.1. The Hall–Kier alpha value is -1.68. The Kier molecular flexibility index (Phi) is 3.83. The minimum absolute atomic E-state index is 0.185. The quantitative estimate of drug-likeness (QED) is 0.657. The van der Waals surface area contributed by atoms with Crippen molar-refractivity contribution in [2.75, 3.05) is 6.54 Å². The first-order chi connectivity index (χ1) is 9.74. The summed E-state index contributed by atoms with van der Waals surface area (Å²) in [5.74, 6) is -0.959. The van der Waals surface area contributed by atoms with Gasteiger partial charge in [-0.1, -0.05) is 24.3 Å². The van der Waals surface area contributed by atoms with Crippen LogP contribution in [0.4, 0.5) is 0 Å². The summed E-state index contributed by atoms with van der Waals surface area (Å²) >= 11 is 0. The zero-order valence-electron chi connectivity index (χ0n) is 11.4. The molecule has 2 atom stereocenters. The van der Waals surface area contributed by atoms with Gasteiger partial charge in [0.05, 0.1) is 5.92 Å². The van der Waals surface area contributed by atoms with Crippen LogP contribution in [0.1, 0.15) is 30.4 Å². The molecule has 1 fully saturated rings. The third kappa shape index (κ3) is 2.75. The summed E-state index contributed by atoms with van der Waals surface area (Å²) in [5, 5.41) is 3.05. The van der Waals surface area contributed by atoms with Gasteiger partial charge in [-0.2, -0.15) is 0 Å². The van der Waals surface area contributed by atoms with E-state index in [9.17, 15) is 9.59 Å². The number of benzene rings is 1. The van der Waals surface area contributed by atoms with E-state index in [1.807, 2.05) is 12.1 Å². The van der Waals surface area contributed by atoms with Crippen LogP contribution >= 0.6 is 0 Å². The number of aryl methyl sites for hydroxylation is 1. The van der Waals surface area contributed by atoms with Crippen molar-refractivity contribution in [1.29, 1.82) is 0 Å². The fraction of sp³-hybridized carbons (Fsp3) is 0.500. The van der Waals surface area contributed by atoms with Gasteiger partial charge in [0.25, 0.3) is 0 Å². The largest absolute Gasteiger partial charge is 0.392 e. The summed E-state index contributed by atoms with van der Waals surface area (Å²) in [6, 6.07) is 7.86. The SMILES string of the molecule is O=C(OC(=O)[C@@H]1CCCN1)C1CCc2ccccc2C1. The van der Waals surface area contributed by atoms with E-state index in [1.54, 1.807) is 0 Å². The third-order valence-electron chi connectivity index (χ3n) is 4.23. The average molecular weight is 273 g/mol. The Balaban J connectivity index is 1.60. The van der Waals surface area contributed by atoms with Gasteiger partial charge in [0, 0.05) is 0 Å². The Labute approximate surface area is 118 Å². The van der Waals surface area contributed by atoms with Crippen molar-refractivity contribution >= 4 is 11.9 Å². The summed E-state index contributed by atoms with van der Waals surface area (Å²) in [5.41, 5.74) is 2.51. The molecular formula is C16H19NO3. The Morgan fingerprint density at radius 3 is 2.65 bits per heavy atom. The lowest BCUT2D eigenvalue weighted by molar-refractivity contribution is -0.164. The Bertz CT molecular complexity index is 520. The molecule has 2 aliphatic rings. The van der Waals surface area contributed by atoms with Gasteiger partial charge in [0.15, 0.2) is 0 Å². The first kappa shape index (κ1) is 13.3. The van der Waals surface area contributed by atoms with Crippen molar-refractivity contribution < 1.29 is 14.3 Å². The fourth-order valence-electron chi connectivity index (χ4n) is 3.04. The number of hydrogen-bond donors (Lipinski definition) is 1. The highest BCUT2D eigenvalue weighted by molar-refractivity contribution is 5.89. The summed E-state index contributed by atoms with van der Waals surface area (Å²) < 4.78 is 5.05. The molecule has 0 amide bonds. The molecule has 20 heavy (non-hydrogen) atoms. The summed E-state index contributed by atoms with van der Waals surface area (Å²) in [4.78, 5) is 23.9. The standard InChI is InChI=1S/C16H19NO3/c18-15(20-16(19)14-6-3-9-17-14)13-8-7-11-4-1-2-5-12(11)10-13/h1-2,4-5,13-14,17H,3,6-10H2/t13?,14-/m0/s1. The molecule has 0 radical (unpaired) electrons. The van der Waals surface area contributed by atoms with Gasteiger partial charge in [0.1, 0.15) is 6.04 Å². The monoisotopic (exact) mass is 273 g/mol. The predicted molar refractivity (Wildman–Crippen MR) is 74.1 cm³/mol. The number of nitrogens with one attached hydrogen (secondary N) is 1. The summed E-state index contributed by atoms with van der Waals surface area (Å²) in [7, 11) is 0. The van der Waals surface area contributed by atoms with Crippen LogP contribution in [0, 0.1) is 5.92 Å². The van der Waals surface area contributed by atoms with E-state index in [0.717, 1.165) is 32.2 Å². The topological polar surface area (TPSA) is 55.4 Å². The van der Waals surface area contributed by atoms with Crippen LogP contribution in [-0.2, 0) is 27.2 Å². The molecule has 1 aliphatic carbocycles. The number of carbonyl (C=O) groups excluding carboxylic acids is 2. The number of rotatable bonds is 2. The first-order valence-corrected chi connectivity index (χ1v) is 7.30. The van der Waals surface area contributed by atoms with E-state index in [4.69, 9.17) is 4.74 Å². The van der Waals surface area contributed by atoms with Crippen LogP contribution in [0.5, 0.6) is 0 Å². The number of fused-ring (bicyclic) bond motifs is 1. The molecule has 1 heterocycles. The van der Waals surface area contributed by atoms with Gasteiger partial charge >= 0.3 is 11.9 Å². The van der Waals surface area contributed by atoms with E-state index in [-0.39, 0.29) is 17.9 Å². The number of ether oxygens (including phenoxy) is 1. The van der Waals surface area contributed by atoms with Crippen LogP contribution in [0.2, 0.25) is 0 Å². The lowest BCUT2D eigenvalue weighted by atomic mass is 9.84. The van der Waals surface area contributed by atoms with E-state index in [2.05, 4.69) is 17.4 Å². The van der Waals surface area contributed by atoms with Gasteiger partial charge in [-0.25, -0.2) is 4.79 Å². The molecule has 3 rings (SSSR count). The maximum absolute atomic E-state index is 12.1. The van der Waals surface area contributed by atoms with Crippen LogP contribution in [-0.4, -0.2) is 24.5 Å². The second-order valence-electron chi connectivity index (χ2n) is 5.60. The molecule has 0 saturated carbocycles. The van der Waals surface area contributed by atoms with E-state index < -0.39 is 5.97 Å². The molecule has 0 bridgehead atoms. The molecule has 4 heteroatoms.